The first-order valence-corrected chi connectivity index (χ1v) is 7.81. The smallest absolute Gasteiger partial charge is 0.319 e. The molecule has 0 bridgehead atoms. The molecule has 25 heavy (non-hydrogen) atoms. The average molecular weight is 453 g/mol. The van der Waals surface area contributed by atoms with E-state index in [4.69, 9.17) is 5.73 Å². The lowest BCUT2D eigenvalue weighted by molar-refractivity contribution is 0.250. The van der Waals surface area contributed by atoms with Crippen LogP contribution in [0.1, 0.15) is 19.4 Å². The maximum absolute atomic E-state index is 11.6. The number of carbonyl (C=O) groups is 1. The Morgan fingerprint density at radius 3 is 2.20 bits per heavy atom. The number of rotatable bonds is 5. The number of hydrogen-bond acceptors (Lipinski definition) is 2. The highest BCUT2D eigenvalue weighted by atomic mass is 127. The van der Waals surface area contributed by atoms with E-state index in [9.17, 15) is 4.79 Å². The zero-order valence-electron chi connectivity index (χ0n) is 14.3. The molecule has 134 valence electrons. The molecule has 0 aliphatic rings. The Kier molecular flexibility index (Phi) is 8.76. The molecule has 6 nitrogen and oxygen atoms in total. The monoisotopic (exact) mass is 453 g/mol. The lowest BCUT2D eigenvalue weighted by Gasteiger charge is -2.10. The molecule has 5 N–H and O–H groups in total. The summed E-state index contributed by atoms with van der Waals surface area (Å²) >= 11 is 0. The van der Waals surface area contributed by atoms with Gasteiger partial charge < -0.3 is 21.7 Å². The number of anilines is 2. The summed E-state index contributed by atoms with van der Waals surface area (Å²) in [4.78, 5) is 15.9. The molecule has 2 amide bonds. The number of guanidine groups is 1. The standard InChI is InChI=1S/C18H23N5O.HI/c1-13(2)21-18(24)23-16-10-8-14(9-11-16)12-20-17(19)22-15-6-4-3-5-7-15;/h3-11,13H,12H2,1-2H3,(H3,19,20,22)(H2,21,23,24);1H. The van der Waals surface area contributed by atoms with Crippen LogP contribution in [0.3, 0.4) is 0 Å². The molecule has 2 aromatic carbocycles. The normalized spacial score (nSPS) is 10.8. The molecule has 0 aromatic heterocycles. The molecule has 7 heteroatoms. The number of urea groups is 1. The highest BCUT2D eigenvalue weighted by Crippen LogP contribution is 2.11. The summed E-state index contributed by atoms with van der Waals surface area (Å²) in [6.07, 6.45) is 0. The van der Waals surface area contributed by atoms with Crippen molar-refractivity contribution in [2.45, 2.75) is 26.4 Å². The predicted molar refractivity (Wildman–Crippen MR) is 115 cm³/mol. The number of carbonyl (C=O) groups excluding carboxylic acids is 1. The summed E-state index contributed by atoms with van der Waals surface area (Å²) in [5.74, 6) is 0.361. The molecule has 0 radical (unpaired) electrons. The number of nitrogens with one attached hydrogen (secondary N) is 3. The maximum atomic E-state index is 11.6. The molecule has 0 fully saturated rings. The van der Waals surface area contributed by atoms with Crippen molar-refractivity contribution < 1.29 is 4.79 Å². The highest BCUT2D eigenvalue weighted by molar-refractivity contribution is 14.0. The van der Waals surface area contributed by atoms with Crippen molar-refractivity contribution in [2.24, 2.45) is 10.7 Å². The number of nitrogens with zero attached hydrogens (tertiary/aromatic N) is 1. The number of aliphatic imine (C=N–C) groups is 1. The first-order chi connectivity index (χ1) is 11.5. The highest BCUT2D eigenvalue weighted by Gasteiger charge is 2.03. The Morgan fingerprint density at radius 1 is 1.00 bits per heavy atom. The molecule has 0 atom stereocenters. The summed E-state index contributed by atoms with van der Waals surface area (Å²) in [6.45, 7) is 4.28. The fourth-order valence-corrected chi connectivity index (χ4v) is 2.01. The van der Waals surface area contributed by atoms with Crippen molar-refractivity contribution in [1.29, 1.82) is 0 Å². The van der Waals surface area contributed by atoms with Gasteiger partial charge in [-0.1, -0.05) is 30.3 Å². The Hall–Kier alpha value is -2.29. The summed E-state index contributed by atoms with van der Waals surface area (Å²) in [5.41, 5.74) is 8.50. The molecular weight excluding hydrogens is 429 g/mol. The van der Waals surface area contributed by atoms with Crippen LogP contribution in [0.2, 0.25) is 0 Å². The predicted octanol–water partition coefficient (Wildman–Crippen LogP) is 3.76. The molecule has 0 aliphatic carbocycles. The van der Waals surface area contributed by atoms with E-state index in [-0.39, 0.29) is 36.0 Å². The van der Waals surface area contributed by atoms with Crippen LogP contribution in [0.15, 0.2) is 59.6 Å². The van der Waals surface area contributed by atoms with Crippen LogP contribution >= 0.6 is 24.0 Å². The van der Waals surface area contributed by atoms with Gasteiger partial charge >= 0.3 is 6.03 Å². The van der Waals surface area contributed by atoms with Gasteiger partial charge in [0.1, 0.15) is 0 Å². The Labute approximate surface area is 165 Å². The van der Waals surface area contributed by atoms with Crippen LogP contribution in [-0.2, 0) is 6.54 Å². The van der Waals surface area contributed by atoms with Gasteiger partial charge in [-0.05, 0) is 43.7 Å². The van der Waals surface area contributed by atoms with Gasteiger partial charge in [-0.25, -0.2) is 9.79 Å². The second-order valence-corrected chi connectivity index (χ2v) is 5.64. The van der Waals surface area contributed by atoms with E-state index in [0.29, 0.717) is 12.5 Å². The van der Waals surface area contributed by atoms with Crippen molar-refractivity contribution in [2.75, 3.05) is 10.6 Å². The lowest BCUT2D eigenvalue weighted by Crippen LogP contribution is -2.34. The molecule has 2 rings (SSSR count). The van der Waals surface area contributed by atoms with Crippen LogP contribution in [0.25, 0.3) is 0 Å². The average Bonchev–Trinajstić information content (AvgIpc) is 2.54. The van der Waals surface area contributed by atoms with E-state index in [1.54, 1.807) is 0 Å². The third kappa shape index (κ3) is 7.88. The van der Waals surface area contributed by atoms with E-state index < -0.39 is 0 Å². The van der Waals surface area contributed by atoms with Crippen LogP contribution in [0.4, 0.5) is 16.2 Å². The van der Waals surface area contributed by atoms with E-state index in [0.717, 1.165) is 16.9 Å². The van der Waals surface area contributed by atoms with Gasteiger partial charge in [0.25, 0.3) is 0 Å². The zero-order valence-corrected chi connectivity index (χ0v) is 16.7. The van der Waals surface area contributed by atoms with Crippen LogP contribution in [-0.4, -0.2) is 18.0 Å². The van der Waals surface area contributed by atoms with Crippen molar-refractivity contribution in [3.63, 3.8) is 0 Å². The van der Waals surface area contributed by atoms with Gasteiger partial charge in [0.15, 0.2) is 5.96 Å². The number of benzene rings is 2. The zero-order chi connectivity index (χ0) is 17.4. The van der Waals surface area contributed by atoms with Crippen molar-refractivity contribution in [3.8, 4) is 0 Å². The van der Waals surface area contributed by atoms with Crippen molar-refractivity contribution in [1.82, 2.24) is 5.32 Å². The summed E-state index contributed by atoms with van der Waals surface area (Å²) in [5, 5.41) is 8.58. The number of para-hydroxylation sites is 1. The third-order valence-electron chi connectivity index (χ3n) is 3.11. The molecular formula is C18H24IN5O. The van der Waals surface area contributed by atoms with Crippen molar-refractivity contribution in [3.05, 3.63) is 60.2 Å². The molecule has 0 aliphatic heterocycles. The Morgan fingerprint density at radius 2 is 1.60 bits per heavy atom. The van der Waals surface area contributed by atoms with Crippen LogP contribution in [0.5, 0.6) is 0 Å². The first kappa shape index (κ1) is 20.8. The second kappa shape index (κ2) is 10.5. The topological polar surface area (TPSA) is 91.5 Å². The fraction of sp³-hybridized carbons (Fsp3) is 0.222. The second-order valence-electron chi connectivity index (χ2n) is 5.64. The van der Waals surface area contributed by atoms with Gasteiger partial charge in [0.05, 0.1) is 6.54 Å². The quantitative estimate of drug-likeness (QED) is 0.316. The summed E-state index contributed by atoms with van der Waals surface area (Å²) < 4.78 is 0. The van der Waals surface area contributed by atoms with E-state index >= 15 is 0 Å². The maximum Gasteiger partial charge on any atom is 0.319 e. The third-order valence-corrected chi connectivity index (χ3v) is 3.11. The fourth-order valence-electron chi connectivity index (χ4n) is 2.01. The lowest BCUT2D eigenvalue weighted by atomic mass is 10.2. The molecule has 0 heterocycles. The van der Waals surface area contributed by atoms with Crippen molar-refractivity contribution >= 4 is 47.3 Å². The van der Waals surface area contributed by atoms with Gasteiger partial charge in [-0.2, -0.15) is 0 Å². The Bertz CT molecular complexity index is 686. The van der Waals surface area contributed by atoms with E-state index in [1.807, 2.05) is 68.4 Å². The summed E-state index contributed by atoms with van der Waals surface area (Å²) in [7, 11) is 0. The summed E-state index contributed by atoms with van der Waals surface area (Å²) in [6, 6.07) is 17.0. The van der Waals surface area contributed by atoms with Gasteiger partial charge in [-0.3, -0.25) is 0 Å². The number of nitrogens with two attached hydrogens (primary N) is 1. The van der Waals surface area contributed by atoms with E-state index in [1.165, 1.54) is 0 Å². The first-order valence-electron chi connectivity index (χ1n) is 7.81. The number of amides is 2. The number of hydrogen-bond donors (Lipinski definition) is 4. The van der Waals surface area contributed by atoms with Gasteiger partial charge in [0.2, 0.25) is 0 Å². The minimum absolute atomic E-state index is 0. The Balaban J connectivity index is 0.00000312. The SMILES string of the molecule is CC(C)NC(=O)Nc1ccc(CN=C(N)Nc2ccccc2)cc1.I. The largest absolute Gasteiger partial charge is 0.370 e. The number of halogens is 1. The minimum Gasteiger partial charge on any atom is -0.370 e. The van der Waals surface area contributed by atoms with Crippen LogP contribution < -0.4 is 21.7 Å². The molecule has 0 saturated carbocycles. The van der Waals surface area contributed by atoms with Gasteiger partial charge in [0, 0.05) is 17.4 Å². The molecule has 0 spiro atoms. The molecule has 0 unspecified atom stereocenters. The minimum atomic E-state index is -0.216. The van der Waals surface area contributed by atoms with Gasteiger partial charge in [-0.15, -0.1) is 24.0 Å². The van der Waals surface area contributed by atoms with E-state index in [2.05, 4.69) is 20.9 Å². The molecule has 0 saturated heterocycles. The van der Waals surface area contributed by atoms with Crippen LogP contribution in [0, 0.1) is 0 Å². The molecule has 2 aromatic rings.